The van der Waals surface area contributed by atoms with Gasteiger partial charge in [-0.25, -0.2) is 0 Å². The van der Waals surface area contributed by atoms with Gasteiger partial charge < -0.3 is 14.6 Å². The van der Waals surface area contributed by atoms with Gasteiger partial charge in [-0.05, 0) is 18.6 Å². The first-order valence-corrected chi connectivity index (χ1v) is 5.50. The standard InChI is InChI=1S/C11H13BrO4/c1-15-9-5-4-8(12)7(11(9)16-2)3-6-10(13)14/h4-5H,3,6H2,1-2H3,(H,13,14). The number of ether oxygens (including phenoxy) is 2. The van der Waals surface area contributed by atoms with Gasteiger partial charge in [0.15, 0.2) is 11.5 Å². The van der Waals surface area contributed by atoms with Crippen molar-refractivity contribution in [3.8, 4) is 11.5 Å². The topological polar surface area (TPSA) is 55.8 Å². The van der Waals surface area contributed by atoms with Crippen molar-refractivity contribution in [3.63, 3.8) is 0 Å². The highest BCUT2D eigenvalue weighted by Crippen LogP contribution is 2.36. The second-order valence-corrected chi connectivity index (χ2v) is 4.01. The van der Waals surface area contributed by atoms with Gasteiger partial charge in [0.1, 0.15) is 0 Å². The van der Waals surface area contributed by atoms with Crippen molar-refractivity contribution in [2.45, 2.75) is 12.8 Å². The minimum Gasteiger partial charge on any atom is -0.493 e. The average molecular weight is 289 g/mol. The van der Waals surface area contributed by atoms with E-state index >= 15 is 0 Å². The summed E-state index contributed by atoms with van der Waals surface area (Å²) in [6, 6.07) is 3.59. The van der Waals surface area contributed by atoms with E-state index in [0.717, 1.165) is 10.0 Å². The molecule has 0 atom stereocenters. The molecule has 0 amide bonds. The van der Waals surface area contributed by atoms with Crippen molar-refractivity contribution in [2.24, 2.45) is 0 Å². The van der Waals surface area contributed by atoms with Crippen LogP contribution >= 0.6 is 15.9 Å². The number of methoxy groups -OCH3 is 2. The second kappa shape index (κ2) is 5.75. The SMILES string of the molecule is COc1ccc(Br)c(CCC(=O)O)c1OC. The van der Waals surface area contributed by atoms with Crippen LogP contribution in [0.4, 0.5) is 0 Å². The molecule has 0 aliphatic rings. The monoisotopic (exact) mass is 288 g/mol. The van der Waals surface area contributed by atoms with Crippen LogP contribution in [0, 0.1) is 0 Å². The van der Waals surface area contributed by atoms with E-state index < -0.39 is 5.97 Å². The number of halogens is 1. The molecular weight excluding hydrogens is 276 g/mol. The summed E-state index contributed by atoms with van der Waals surface area (Å²) in [5.74, 6) is 0.348. The number of carboxylic acids is 1. The van der Waals surface area contributed by atoms with Gasteiger partial charge in [0.05, 0.1) is 14.2 Å². The molecule has 16 heavy (non-hydrogen) atoms. The Hall–Kier alpha value is -1.23. The molecule has 4 nitrogen and oxygen atoms in total. The van der Waals surface area contributed by atoms with Crippen molar-refractivity contribution >= 4 is 21.9 Å². The van der Waals surface area contributed by atoms with Crippen molar-refractivity contribution < 1.29 is 19.4 Å². The fourth-order valence-corrected chi connectivity index (χ4v) is 1.94. The number of rotatable bonds is 5. The molecule has 0 aromatic heterocycles. The van der Waals surface area contributed by atoms with E-state index in [1.54, 1.807) is 13.2 Å². The first kappa shape index (κ1) is 12.8. The third-order valence-corrected chi connectivity index (χ3v) is 2.92. The minimum absolute atomic E-state index is 0.0577. The van der Waals surface area contributed by atoms with Crippen molar-refractivity contribution in [1.82, 2.24) is 0 Å². The Kier molecular flexibility index (Phi) is 4.61. The Morgan fingerprint density at radius 1 is 1.38 bits per heavy atom. The van der Waals surface area contributed by atoms with Gasteiger partial charge >= 0.3 is 5.97 Å². The van der Waals surface area contributed by atoms with E-state index in [0.29, 0.717) is 17.9 Å². The molecule has 1 aromatic rings. The molecule has 1 rings (SSSR count). The maximum absolute atomic E-state index is 10.6. The molecule has 0 saturated carbocycles. The van der Waals surface area contributed by atoms with E-state index in [2.05, 4.69) is 15.9 Å². The highest BCUT2D eigenvalue weighted by molar-refractivity contribution is 9.10. The molecule has 0 aliphatic carbocycles. The lowest BCUT2D eigenvalue weighted by Crippen LogP contribution is -2.01. The molecular formula is C11H13BrO4. The summed E-state index contributed by atoms with van der Waals surface area (Å²) in [5, 5.41) is 8.67. The van der Waals surface area contributed by atoms with Gasteiger partial charge in [0.2, 0.25) is 0 Å². The third-order valence-electron chi connectivity index (χ3n) is 2.18. The van der Waals surface area contributed by atoms with Crippen molar-refractivity contribution in [3.05, 3.63) is 22.2 Å². The summed E-state index contributed by atoms with van der Waals surface area (Å²) in [5.41, 5.74) is 0.809. The smallest absolute Gasteiger partial charge is 0.303 e. The van der Waals surface area contributed by atoms with Crippen LogP contribution < -0.4 is 9.47 Å². The largest absolute Gasteiger partial charge is 0.493 e. The zero-order valence-electron chi connectivity index (χ0n) is 9.12. The Labute approximate surface area is 102 Å². The summed E-state index contributed by atoms with van der Waals surface area (Å²) in [7, 11) is 3.08. The highest BCUT2D eigenvalue weighted by atomic mass is 79.9. The zero-order chi connectivity index (χ0) is 12.1. The van der Waals surface area contributed by atoms with Crippen molar-refractivity contribution in [2.75, 3.05) is 14.2 Å². The molecule has 88 valence electrons. The normalized spacial score (nSPS) is 9.94. The van der Waals surface area contributed by atoms with Gasteiger partial charge in [-0.2, -0.15) is 0 Å². The Morgan fingerprint density at radius 2 is 2.06 bits per heavy atom. The third kappa shape index (κ3) is 2.88. The Morgan fingerprint density at radius 3 is 2.56 bits per heavy atom. The predicted molar refractivity (Wildman–Crippen MR) is 63.2 cm³/mol. The first-order chi connectivity index (χ1) is 7.60. The number of carbonyl (C=O) groups is 1. The fraction of sp³-hybridized carbons (Fsp3) is 0.364. The second-order valence-electron chi connectivity index (χ2n) is 3.16. The lowest BCUT2D eigenvalue weighted by Gasteiger charge is -2.13. The van der Waals surface area contributed by atoms with Crippen LogP contribution in [-0.2, 0) is 11.2 Å². The number of benzene rings is 1. The van der Waals surface area contributed by atoms with Gasteiger partial charge in [-0.1, -0.05) is 15.9 Å². The maximum Gasteiger partial charge on any atom is 0.303 e. The van der Waals surface area contributed by atoms with Crippen LogP contribution in [0.15, 0.2) is 16.6 Å². The Bertz CT molecular complexity index is 390. The average Bonchev–Trinajstić information content (AvgIpc) is 2.26. The molecule has 0 heterocycles. The molecule has 0 saturated heterocycles. The highest BCUT2D eigenvalue weighted by Gasteiger charge is 2.14. The summed E-state index contributed by atoms with van der Waals surface area (Å²) in [6.45, 7) is 0. The lowest BCUT2D eigenvalue weighted by molar-refractivity contribution is -0.136. The number of carboxylic acid groups (broad SMARTS) is 1. The van der Waals surface area contributed by atoms with Crippen LogP contribution in [0.3, 0.4) is 0 Å². The molecule has 0 spiro atoms. The minimum atomic E-state index is -0.836. The van der Waals surface area contributed by atoms with Crippen LogP contribution in [0.5, 0.6) is 11.5 Å². The van der Waals surface area contributed by atoms with Gasteiger partial charge in [0.25, 0.3) is 0 Å². The zero-order valence-corrected chi connectivity index (χ0v) is 10.7. The fourth-order valence-electron chi connectivity index (χ4n) is 1.43. The molecule has 0 unspecified atom stereocenters. The summed E-state index contributed by atoms with van der Waals surface area (Å²) in [6.07, 6.45) is 0.457. The van der Waals surface area contributed by atoms with E-state index in [4.69, 9.17) is 14.6 Å². The molecule has 0 radical (unpaired) electrons. The number of hydrogen-bond donors (Lipinski definition) is 1. The summed E-state index contributed by atoms with van der Waals surface area (Å²) in [4.78, 5) is 10.6. The van der Waals surface area contributed by atoms with E-state index in [1.165, 1.54) is 7.11 Å². The molecule has 1 aromatic carbocycles. The van der Waals surface area contributed by atoms with E-state index in [1.807, 2.05) is 6.07 Å². The number of hydrogen-bond acceptors (Lipinski definition) is 3. The predicted octanol–water partition coefficient (Wildman–Crippen LogP) is 2.48. The number of aliphatic carboxylic acids is 1. The molecule has 0 aliphatic heterocycles. The quantitative estimate of drug-likeness (QED) is 0.904. The van der Waals surface area contributed by atoms with Gasteiger partial charge in [-0.15, -0.1) is 0 Å². The molecule has 0 fully saturated rings. The van der Waals surface area contributed by atoms with E-state index in [9.17, 15) is 4.79 Å². The van der Waals surface area contributed by atoms with Crippen LogP contribution in [0.25, 0.3) is 0 Å². The molecule has 5 heteroatoms. The van der Waals surface area contributed by atoms with Gasteiger partial charge in [0, 0.05) is 16.5 Å². The maximum atomic E-state index is 10.6. The van der Waals surface area contributed by atoms with Gasteiger partial charge in [-0.3, -0.25) is 4.79 Å². The summed E-state index contributed by atoms with van der Waals surface area (Å²) >= 11 is 3.37. The van der Waals surface area contributed by atoms with Crippen molar-refractivity contribution in [1.29, 1.82) is 0 Å². The van der Waals surface area contributed by atoms with Crippen LogP contribution in [-0.4, -0.2) is 25.3 Å². The van der Waals surface area contributed by atoms with E-state index in [-0.39, 0.29) is 6.42 Å². The molecule has 0 bridgehead atoms. The first-order valence-electron chi connectivity index (χ1n) is 4.71. The van der Waals surface area contributed by atoms with Crippen LogP contribution in [0.1, 0.15) is 12.0 Å². The Balaban J connectivity index is 3.07. The molecule has 1 N–H and O–H groups in total. The summed E-state index contributed by atoms with van der Waals surface area (Å²) < 4.78 is 11.2. The van der Waals surface area contributed by atoms with Crippen LogP contribution in [0.2, 0.25) is 0 Å². The lowest BCUT2D eigenvalue weighted by atomic mass is 10.1.